The third-order valence-electron chi connectivity index (χ3n) is 14.1. The first kappa shape index (κ1) is 80.7. The predicted octanol–water partition coefficient (Wildman–Crippen LogP) is 10.0. The van der Waals surface area contributed by atoms with Gasteiger partial charge in [-0.05, 0) is 81.6 Å². The molecule has 504 valence electrons. The number of ether oxygens (including phenoxy) is 5. The SMILES string of the molecule is CCCCCCCCCCCCCCCC(=O)OC[C@H](COP(=O)(O)OCC[N+](C)(C)C)OC(=O)CCCCCCCCCCCNC(=O)CN1CCN(CC(=O)OC(C)(C)C)CCN(CC(=O)OC(C)(C)C)CCN(CC(=O)OC(C)(C)C)CC1. The van der Waals surface area contributed by atoms with Crippen LogP contribution in [0.2, 0.25) is 0 Å². The Labute approximate surface area is 520 Å². The van der Waals surface area contributed by atoms with E-state index in [1.165, 1.54) is 57.8 Å². The number of phosphoric acid groups is 1. The summed E-state index contributed by atoms with van der Waals surface area (Å²) < 4.78 is 51.6. The van der Waals surface area contributed by atoms with E-state index < -0.39 is 49.3 Å². The number of amides is 1. The van der Waals surface area contributed by atoms with Crippen molar-refractivity contribution in [1.82, 2.24) is 24.9 Å². The van der Waals surface area contributed by atoms with Gasteiger partial charge < -0.3 is 38.4 Å². The standard InChI is InChI=1S/C64H123N6O15P/c1-14-15-16-17-18-19-20-21-22-24-27-30-33-36-57(72)79-53-55(54-81-86(77,78)80-48-47-70(11,12)13)82-58(73)37-34-31-28-25-23-26-29-32-35-38-65-56(71)49-66-39-41-67(50-59(74)83-62(2,3)4)43-45-69(52-61(76)85-64(8,9)10)46-44-68(42-40-66)51-60(75)84-63(5,6)7/h55H,14-54H2,1-13H3,(H-,65,71,77,78)/p+1/t55-/m1/s1. The van der Waals surface area contributed by atoms with Gasteiger partial charge in [0.15, 0.2) is 6.10 Å². The molecule has 1 rings (SSSR count). The van der Waals surface area contributed by atoms with Crippen molar-refractivity contribution in [2.75, 3.05) is 133 Å². The van der Waals surface area contributed by atoms with Crippen LogP contribution >= 0.6 is 7.82 Å². The first-order valence-corrected chi connectivity index (χ1v) is 34.4. The lowest BCUT2D eigenvalue weighted by molar-refractivity contribution is -0.870. The van der Waals surface area contributed by atoms with Crippen LogP contribution in [0.1, 0.15) is 223 Å². The van der Waals surface area contributed by atoms with Gasteiger partial charge in [-0.1, -0.05) is 129 Å². The first-order chi connectivity index (χ1) is 40.3. The molecule has 2 atom stereocenters. The molecule has 0 saturated carbocycles. The fourth-order valence-electron chi connectivity index (χ4n) is 9.55. The predicted molar refractivity (Wildman–Crippen MR) is 338 cm³/mol. The molecule has 2 N–H and O–H groups in total. The molecule has 0 aromatic heterocycles. The van der Waals surface area contributed by atoms with Crippen LogP contribution < -0.4 is 5.32 Å². The van der Waals surface area contributed by atoms with E-state index in [1.54, 1.807) is 0 Å². The third-order valence-corrected chi connectivity index (χ3v) is 15.1. The van der Waals surface area contributed by atoms with Crippen molar-refractivity contribution in [2.24, 2.45) is 0 Å². The Kier molecular flexibility index (Phi) is 42.3. The average Bonchev–Trinajstić information content (AvgIpc) is 3.56. The van der Waals surface area contributed by atoms with Gasteiger partial charge in [0.05, 0.1) is 53.9 Å². The third kappa shape index (κ3) is 50.6. The molecule has 22 heteroatoms. The quantitative estimate of drug-likeness (QED) is 0.0190. The summed E-state index contributed by atoms with van der Waals surface area (Å²) in [5.41, 5.74) is -1.97. The molecule has 1 fully saturated rings. The number of nitrogens with zero attached hydrogens (tertiary/aromatic N) is 5. The fraction of sp³-hybridized carbons (Fsp3) is 0.906. The van der Waals surface area contributed by atoms with E-state index >= 15 is 0 Å². The van der Waals surface area contributed by atoms with Gasteiger partial charge in [-0.3, -0.25) is 57.4 Å². The second-order valence-corrected chi connectivity index (χ2v) is 29.0. The van der Waals surface area contributed by atoms with Gasteiger partial charge in [-0.15, -0.1) is 0 Å². The zero-order valence-electron chi connectivity index (χ0n) is 56.4. The van der Waals surface area contributed by atoms with Crippen molar-refractivity contribution < 1.29 is 75.4 Å². The van der Waals surface area contributed by atoms with E-state index in [1.807, 2.05) is 98.2 Å². The Bertz CT molecular complexity index is 1870. The van der Waals surface area contributed by atoms with Crippen molar-refractivity contribution in [3.8, 4) is 0 Å². The Morgan fingerprint density at radius 1 is 0.465 bits per heavy atom. The summed E-state index contributed by atoms with van der Waals surface area (Å²) in [7, 11) is 1.34. The number of hydrogen-bond donors (Lipinski definition) is 2. The highest BCUT2D eigenvalue weighted by molar-refractivity contribution is 7.47. The van der Waals surface area contributed by atoms with Gasteiger partial charge in [0.25, 0.3) is 0 Å². The van der Waals surface area contributed by atoms with Crippen LogP contribution in [-0.4, -0.2) is 220 Å². The van der Waals surface area contributed by atoms with Gasteiger partial charge in [0.1, 0.15) is 36.6 Å². The number of carbonyl (C=O) groups is 6. The monoisotopic (exact) mass is 1250 g/mol. The van der Waals surface area contributed by atoms with Crippen LogP contribution in [0, 0.1) is 0 Å². The molecule has 0 aromatic carbocycles. The Morgan fingerprint density at radius 3 is 1.16 bits per heavy atom. The lowest BCUT2D eigenvalue weighted by Gasteiger charge is -2.34. The van der Waals surface area contributed by atoms with Gasteiger partial charge in [-0.2, -0.15) is 0 Å². The highest BCUT2D eigenvalue weighted by Crippen LogP contribution is 2.43. The number of likely N-dealkylation sites (N-methyl/N-ethyl adjacent to an activating group) is 1. The number of esters is 5. The van der Waals surface area contributed by atoms with Gasteiger partial charge >= 0.3 is 37.7 Å². The summed E-state index contributed by atoms with van der Waals surface area (Å²) in [6.07, 6.45) is 23.2. The molecule has 1 heterocycles. The number of quaternary nitrogens is 1. The molecular formula is C64H124N6O15P+. The topological polar surface area (TPSA) is 229 Å². The number of carbonyl (C=O) groups excluding carboxylic acids is 6. The first-order valence-electron chi connectivity index (χ1n) is 32.9. The molecule has 1 aliphatic heterocycles. The molecule has 0 aliphatic carbocycles. The molecule has 1 unspecified atom stereocenters. The summed E-state index contributed by atoms with van der Waals surface area (Å²) >= 11 is 0. The minimum atomic E-state index is -4.45. The Hall–Kier alpha value is -3.27. The van der Waals surface area contributed by atoms with E-state index in [0.29, 0.717) is 82.8 Å². The number of nitrogens with one attached hydrogen (secondary N) is 1. The largest absolute Gasteiger partial charge is 0.472 e. The molecule has 0 radical (unpaired) electrons. The summed E-state index contributed by atoms with van der Waals surface area (Å²) in [5.74, 6) is -2.07. The molecular weight excluding hydrogens is 1120 g/mol. The molecule has 0 aromatic rings. The number of phosphoric ester groups is 1. The van der Waals surface area contributed by atoms with Gasteiger partial charge in [-0.25, -0.2) is 4.57 Å². The molecule has 0 spiro atoms. The maximum atomic E-state index is 13.4. The van der Waals surface area contributed by atoms with Crippen molar-refractivity contribution in [3.63, 3.8) is 0 Å². The summed E-state index contributed by atoms with van der Waals surface area (Å²) in [6, 6.07) is 0. The smallest absolute Gasteiger partial charge is 0.462 e. The lowest BCUT2D eigenvalue weighted by atomic mass is 10.0. The van der Waals surface area contributed by atoms with Crippen LogP contribution in [0.25, 0.3) is 0 Å². The minimum Gasteiger partial charge on any atom is -0.462 e. The van der Waals surface area contributed by atoms with Gasteiger partial charge in [0.2, 0.25) is 5.91 Å². The Balaban J connectivity index is 2.64. The molecule has 1 saturated heterocycles. The highest BCUT2D eigenvalue weighted by Gasteiger charge is 2.29. The van der Waals surface area contributed by atoms with Crippen molar-refractivity contribution in [3.05, 3.63) is 0 Å². The van der Waals surface area contributed by atoms with Crippen molar-refractivity contribution in [2.45, 2.75) is 246 Å². The average molecular weight is 1250 g/mol. The zero-order chi connectivity index (χ0) is 64.5. The maximum Gasteiger partial charge on any atom is 0.472 e. The molecule has 0 bridgehead atoms. The van der Waals surface area contributed by atoms with Crippen LogP contribution in [-0.2, 0) is 66.1 Å². The van der Waals surface area contributed by atoms with Crippen molar-refractivity contribution >= 4 is 43.6 Å². The fourth-order valence-corrected chi connectivity index (χ4v) is 10.3. The number of hydrogen-bond acceptors (Lipinski definition) is 18. The number of rotatable bonds is 44. The normalized spacial score (nSPS) is 16.1. The Morgan fingerprint density at radius 2 is 0.802 bits per heavy atom. The second kappa shape index (κ2) is 45.1. The van der Waals surface area contributed by atoms with Crippen LogP contribution in [0.5, 0.6) is 0 Å². The molecule has 21 nitrogen and oxygen atoms in total. The summed E-state index contributed by atoms with van der Waals surface area (Å²) in [5, 5.41) is 3.10. The maximum absolute atomic E-state index is 13.4. The second-order valence-electron chi connectivity index (χ2n) is 27.5. The van der Waals surface area contributed by atoms with E-state index in [4.69, 9.17) is 32.7 Å². The summed E-state index contributed by atoms with van der Waals surface area (Å²) in [6.45, 7) is 23.0. The van der Waals surface area contributed by atoms with Crippen molar-refractivity contribution in [1.29, 1.82) is 0 Å². The highest BCUT2D eigenvalue weighted by atomic mass is 31.2. The lowest BCUT2D eigenvalue weighted by Crippen LogP contribution is -2.50. The van der Waals surface area contributed by atoms with Crippen LogP contribution in [0.3, 0.4) is 0 Å². The van der Waals surface area contributed by atoms with Crippen LogP contribution in [0.15, 0.2) is 0 Å². The zero-order valence-corrected chi connectivity index (χ0v) is 57.3. The van der Waals surface area contributed by atoms with E-state index in [-0.39, 0.29) is 76.0 Å². The molecule has 86 heavy (non-hydrogen) atoms. The minimum absolute atomic E-state index is 0.00911. The molecule has 1 aliphatic rings. The van der Waals surface area contributed by atoms with Crippen LogP contribution in [0.4, 0.5) is 0 Å². The van der Waals surface area contributed by atoms with E-state index in [2.05, 4.69) is 17.1 Å². The van der Waals surface area contributed by atoms with E-state index in [0.717, 1.165) is 70.6 Å². The summed E-state index contributed by atoms with van der Waals surface area (Å²) in [4.78, 5) is 96.6. The van der Waals surface area contributed by atoms with Gasteiger partial charge in [0, 0.05) is 71.7 Å². The number of unbranched alkanes of at least 4 members (excludes halogenated alkanes) is 20. The molecule has 1 amide bonds. The van der Waals surface area contributed by atoms with E-state index in [9.17, 15) is 38.2 Å².